The van der Waals surface area contributed by atoms with Crippen LogP contribution < -0.4 is 55.3 Å². The van der Waals surface area contributed by atoms with Gasteiger partial charge in [-0.15, -0.1) is 0 Å². The van der Waals surface area contributed by atoms with Crippen molar-refractivity contribution in [1.82, 2.24) is 26.6 Å². The molecule has 0 radical (unpaired) electrons. The largest absolute Gasteiger partial charge is 0.508 e. The molecular formula is C38H52N12O7. The number of phenolic OH excluding ortho intramolecular Hbond substituents is 1. The number of fused-ring (bicyclic) bond motifs is 1. The first-order valence-corrected chi connectivity index (χ1v) is 18.2. The maximum absolute atomic E-state index is 14.0. The average Bonchev–Trinajstić information content (AvgIpc) is 3.15. The fourth-order valence-electron chi connectivity index (χ4n) is 5.77. The van der Waals surface area contributed by atoms with Crippen LogP contribution in [-0.2, 0) is 41.6 Å². The van der Waals surface area contributed by atoms with Gasteiger partial charge in [0.2, 0.25) is 35.4 Å². The smallest absolute Gasteiger partial charge is 0.243 e. The second-order valence-electron chi connectivity index (χ2n) is 13.3. The standard InChI is InChI=1S/C38H52N12O7/c1-22(51)47-28(8-4-16-44-37(40)41)35(56)49-29(9-5-17-45-38(42)43)36(57)50-31(20-24-10-13-25-6-2-3-7-26(25)18-24)34(55)46-21-32(53)48-30(33(39)54)19-23-11-14-27(52)15-12-23/h2-3,6-7,10-15,18,28-31,52H,4-5,8-9,16-17,19-21H2,1H3,(H2,39,54)(H,46,55)(H,47,51)(H,48,53)(H,49,56)(H,50,57)(H4,40,41,44)(H4,42,43,45)/t28-,29-,30+,31-/m0/s1. The second kappa shape index (κ2) is 22.5. The molecule has 3 rings (SSSR count). The third kappa shape index (κ3) is 16.1. The summed E-state index contributed by atoms with van der Waals surface area (Å²) in [5.74, 6) is -4.42. The zero-order valence-corrected chi connectivity index (χ0v) is 31.7. The van der Waals surface area contributed by atoms with E-state index in [1.165, 1.54) is 19.1 Å². The van der Waals surface area contributed by atoms with Gasteiger partial charge in [0, 0.05) is 32.9 Å². The van der Waals surface area contributed by atoms with Gasteiger partial charge < -0.3 is 60.4 Å². The van der Waals surface area contributed by atoms with E-state index in [4.69, 9.17) is 28.7 Å². The van der Waals surface area contributed by atoms with E-state index >= 15 is 0 Å². The van der Waals surface area contributed by atoms with Crippen molar-refractivity contribution in [1.29, 1.82) is 0 Å². The SMILES string of the molecule is CC(=O)N[C@@H](CCCN=C(N)N)C(=O)N[C@@H](CCCN=C(N)N)C(=O)N[C@@H](Cc1ccc2ccccc2c1)C(=O)NCC(=O)N[C@H](Cc1ccc(O)cc1)C(N)=O. The molecule has 306 valence electrons. The van der Waals surface area contributed by atoms with Crippen LogP contribution in [0.15, 0.2) is 76.7 Å². The van der Waals surface area contributed by atoms with E-state index in [-0.39, 0.29) is 62.9 Å². The Labute approximate surface area is 329 Å². The molecule has 0 aliphatic carbocycles. The van der Waals surface area contributed by atoms with Gasteiger partial charge in [0.25, 0.3) is 0 Å². The molecule has 3 aromatic carbocycles. The summed E-state index contributed by atoms with van der Waals surface area (Å²) in [4.78, 5) is 86.2. The summed E-state index contributed by atoms with van der Waals surface area (Å²) < 4.78 is 0. The summed E-state index contributed by atoms with van der Waals surface area (Å²) in [5, 5.41) is 24.4. The van der Waals surface area contributed by atoms with E-state index in [0.717, 1.165) is 10.8 Å². The number of nitrogens with two attached hydrogens (primary N) is 5. The van der Waals surface area contributed by atoms with Crippen LogP contribution in [0.1, 0.15) is 43.7 Å². The molecule has 0 saturated carbocycles. The number of carbonyl (C=O) groups excluding carboxylic acids is 6. The number of nitrogens with zero attached hydrogens (tertiary/aromatic N) is 2. The first-order chi connectivity index (χ1) is 27.1. The minimum absolute atomic E-state index is 0.0111. The highest BCUT2D eigenvalue weighted by Crippen LogP contribution is 2.17. The summed E-state index contributed by atoms with van der Waals surface area (Å²) in [6, 6.07) is 14.5. The number of benzene rings is 3. The summed E-state index contributed by atoms with van der Waals surface area (Å²) in [5.41, 5.74) is 28.5. The van der Waals surface area contributed by atoms with Crippen LogP contribution in [0.5, 0.6) is 5.75 Å². The number of aromatic hydroxyl groups is 1. The van der Waals surface area contributed by atoms with Gasteiger partial charge in [-0.25, -0.2) is 0 Å². The molecule has 0 spiro atoms. The van der Waals surface area contributed by atoms with Crippen molar-refractivity contribution in [3.63, 3.8) is 0 Å². The van der Waals surface area contributed by atoms with E-state index in [1.54, 1.807) is 18.2 Å². The third-order valence-corrected chi connectivity index (χ3v) is 8.58. The number of phenols is 1. The highest BCUT2D eigenvalue weighted by molar-refractivity contribution is 5.95. The van der Waals surface area contributed by atoms with Crippen molar-refractivity contribution < 1.29 is 33.9 Å². The van der Waals surface area contributed by atoms with E-state index in [9.17, 15) is 33.9 Å². The highest BCUT2D eigenvalue weighted by Gasteiger charge is 2.30. The predicted molar refractivity (Wildman–Crippen MR) is 215 cm³/mol. The second-order valence-corrected chi connectivity index (χ2v) is 13.3. The summed E-state index contributed by atoms with van der Waals surface area (Å²) in [6.45, 7) is 0.999. The Kier molecular flexibility index (Phi) is 17.5. The number of guanidine groups is 2. The fourth-order valence-corrected chi connectivity index (χ4v) is 5.77. The topological polar surface area (TPSA) is 338 Å². The predicted octanol–water partition coefficient (Wildman–Crippen LogP) is -2.00. The van der Waals surface area contributed by atoms with Gasteiger partial charge in [-0.1, -0.05) is 54.6 Å². The Hall–Kier alpha value is -6.92. The Balaban J connectivity index is 1.83. The summed E-state index contributed by atoms with van der Waals surface area (Å²) >= 11 is 0. The van der Waals surface area contributed by atoms with Gasteiger partial charge in [0.05, 0.1) is 6.54 Å². The van der Waals surface area contributed by atoms with Crippen molar-refractivity contribution in [3.05, 3.63) is 77.9 Å². The Morgan fingerprint density at radius 2 is 1.14 bits per heavy atom. The summed E-state index contributed by atoms with van der Waals surface area (Å²) in [6.07, 6.45) is 0.783. The van der Waals surface area contributed by atoms with Crippen LogP contribution in [-0.4, -0.2) is 96.3 Å². The molecule has 57 heavy (non-hydrogen) atoms. The minimum Gasteiger partial charge on any atom is -0.508 e. The maximum atomic E-state index is 14.0. The molecule has 19 heteroatoms. The number of aliphatic imine (C=N–C) groups is 2. The molecule has 0 fully saturated rings. The molecule has 0 heterocycles. The molecule has 0 aromatic heterocycles. The minimum atomic E-state index is -1.25. The van der Waals surface area contributed by atoms with E-state index in [2.05, 4.69) is 36.6 Å². The molecule has 0 aliphatic rings. The van der Waals surface area contributed by atoms with E-state index < -0.39 is 66.2 Å². The lowest BCUT2D eigenvalue weighted by Crippen LogP contribution is -2.57. The fraction of sp³-hybridized carbons (Fsp3) is 0.368. The molecule has 16 N–H and O–H groups in total. The van der Waals surface area contributed by atoms with Crippen LogP contribution >= 0.6 is 0 Å². The monoisotopic (exact) mass is 788 g/mol. The number of amides is 6. The zero-order chi connectivity index (χ0) is 41.9. The highest BCUT2D eigenvalue weighted by atomic mass is 16.3. The Morgan fingerprint density at radius 1 is 0.614 bits per heavy atom. The first-order valence-electron chi connectivity index (χ1n) is 18.2. The van der Waals surface area contributed by atoms with E-state index in [1.807, 2.05) is 36.4 Å². The lowest BCUT2D eigenvalue weighted by Gasteiger charge is -2.25. The lowest BCUT2D eigenvalue weighted by atomic mass is 10.0. The van der Waals surface area contributed by atoms with Crippen molar-refractivity contribution in [2.24, 2.45) is 38.7 Å². The number of rotatable bonds is 22. The number of hydrogen-bond donors (Lipinski definition) is 11. The van der Waals surface area contributed by atoms with Crippen molar-refractivity contribution in [2.75, 3.05) is 19.6 Å². The van der Waals surface area contributed by atoms with Gasteiger partial charge in [-0.05, 0) is 59.7 Å². The third-order valence-electron chi connectivity index (χ3n) is 8.58. The quantitative estimate of drug-likeness (QED) is 0.0300. The van der Waals surface area contributed by atoms with Crippen molar-refractivity contribution >= 4 is 58.1 Å². The van der Waals surface area contributed by atoms with Crippen LogP contribution in [0, 0.1) is 0 Å². The number of nitrogens with one attached hydrogen (secondary N) is 5. The number of primary amides is 1. The van der Waals surface area contributed by atoms with Crippen LogP contribution in [0.4, 0.5) is 0 Å². The Bertz CT molecular complexity index is 1930. The molecule has 19 nitrogen and oxygen atoms in total. The zero-order valence-electron chi connectivity index (χ0n) is 31.7. The van der Waals surface area contributed by atoms with Gasteiger partial charge in [-0.3, -0.25) is 38.8 Å². The first kappa shape index (κ1) is 44.5. The van der Waals surface area contributed by atoms with Crippen LogP contribution in [0.25, 0.3) is 10.8 Å². The number of carbonyl (C=O) groups is 6. The van der Waals surface area contributed by atoms with Crippen LogP contribution in [0.3, 0.4) is 0 Å². The maximum Gasteiger partial charge on any atom is 0.243 e. The molecule has 3 aromatic rings. The van der Waals surface area contributed by atoms with Crippen LogP contribution in [0.2, 0.25) is 0 Å². The molecule has 0 bridgehead atoms. The molecule has 4 atom stereocenters. The molecular weight excluding hydrogens is 736 g/mol. The normalized spacial score (nSPS) is 12.8. The van der Waals surface area contributed by atoms with Gasteiger partial charge in [0.1, 0.15) is 29.9 Å². The molecule has 0 aliphatic heterocycles. The Morgan fingerprint density at radius 3 is 1.70 bits per heavy atom. The average molecular weight is 789 g/mol. The molecule has 6 amide bonds. The van der Waals surface area contributed by atoms with Crippen molar-refractivity contribution in [2.45, 2.75) is 69.6 Å². The van der Waals surface area contributed by atoms with Gasteiger partial charge in [0.15, 0.2) is 11.9 Å². The summed E-state index contributed by atoms with van der Waals surface area (Å²) in [7, 11) is 0. The van der Waals surface area contributed by atoms with E-state index in [0.29, 0.717) is 17.5 Å². The van der Waals surface area contributed by atoms with Gasteiger partial charge >= 0.3 is 0 Å². The van der Waals surface area contributed by atoms with Crippen molar-refractivity contribution in [3.8, 4) is 5.75 Å². The molecule has 0 saturated heterocycles. The lowest BCUT2D eigenvalue weighted by molar-refractivity contribution is -0.134. The number of hydrogen-bond acceptors (Lipinski definition) is 9. The van der Waals surface area contributed by atoms with Gasteiger partial charge in [-0.2, -0.15) is 0 Å². The molecule has 0 unspecified atom stereocenters.